The second kappa shape index (κ2) is 24.7. The van der Waals surface area contributed by atoms with Crippen molar-refractivity contribution < 1.29 is 39.8 Å². The van der Waals surface area contributed by atoms with Crippen LogP contribution in [0.4, 0.5) is 0 Å². The number of rotatable bonds is 16. The maximum Gasteiger partial charge on any atom is 0.0846 e. The first kappa shape index (κ1) is 58.4. The van der Waals surface area contributed by atoms with Gasteiger partial charge in [0.15, 0.2) is 0 Å². The van der Waals surface area contributed by atoms with Gasteiger partial charge in [0.25, 0.3) is 0 Å². The zero-order valence-corrected chi connectivity index (χ0v) is 46.3. The zero-order chi connectivity index (χ0) is 50.5. The Morgan fingerprint density at radius 1 is 0.309 bits per heavy atom. The van der Waals surface area contributed by atoms with E-state index in [2.05, 4.69) is 105 Å². The van der Waals surface area contributed by atoms with E-state index in [1.807, 2.05) is 27.7 Å². The van der Waals surface area contributed by atoms with E-state index in [-0.39, 0.29) is 93.4 Å². The summed E-state index contributed by atoms with van der Waals surface area (Å²) in [6, 6.07) is 0. The van der Waals surface area contributed by atoms with Gasteiger partial charge in [-0.05, 0) is 197 Å². The zero-order valence-electron chi connectivity index (χ0n) is 46.3. The Labute approximate surface area is 415 Å². The Morgan fingerprint density at radius 3 is 0.574 bits per heavy atom. The minimum atomic E-state index is -0.537. The Hall–Kier alpha value is -0.480. The molecule has 68 heavy (non-hydrogen) atoms. The highest BCUT2D eigenvalue weighted by molar-refractivity contribution is 5.03. The standard InChI is InChI=1S/C56H108N4O8/c1-33(61)29-57-65-49-37-17-39-23-46(54(8,9)10)25-41(50(39)66-58-30-34(2)62)19-43-27-48(56(14,15)16)28-44(52(43)68-60-32-36(4)64)20-42-26-47(55(11,12)13)24-40(51(42)67-59-31-35(3)63)18-38(49)22-45(21-37)53(5,6)7/h33-52,57-64H,17-32H2,1-16H3. The fraction of sp³-hybridized carbons (Fsp3) is 1.00. The van der Waals surface area contributed by atoms with Crippen LogP contribution in [0.5, 0.6) is 0 Å². The van der Waals surface area contributed by atoms with Crippen LogP contribution in [0.1, 0.15) is 188 Å². The number of aliphatic hydroxyl groups is 4. The minimum absolute atomic E-state index is 0.0657. The molecule has 5 aliphatic rings. The Balaban J connectivity index is 1.75. The van der Waals surface area contributed by atoms with Crippen LogP contribution >= 0.6 is 0 Å². The molecule has 0 aromatic heterocycles. The van der Waals surface area contributed by atoms with Crippen molar-refractivity contribution in [3.63, 3.8) is 0 Å². The third-order valence-electron chi connectivity index (χ3n) is 18.1. The summed E-state index contributed by atoms with van der Waals surface area (Å²) in [5.74, 6) is 3.93. The molecule has 0 radical (unpaired) electrons. The third-order valence-corrected chi connectivity index (χ3v) is 18.1. The average Bonchev–Trinajstić information content (AvgIpc) is 3.18. The molecule has 0 amide bonds. The van der Waals surface area contributed by atoms with E-state index in [1.165, 1.54) is 0 Å². The number of hydrogen-bond acceptors (Lipinski definition) is 12. The minimum Gasteiger partial charge on any atom is -0.392 e. The van der Waals surface area contributed by atoms with Crippen LogP contribution in [0.25, 0.3) is 0 Å². The predicted molar refractivity (Wildman–Crippen MR) is 273 cm³/mol. The molecule has 12 unspecified atom stereocenters. The van der Waals surface area contributed by atoms with E-state index >= 15 is 0 Å². The molecule has 8 N–H and O–H groups in total. The quantitative estimate of drug-likeness (QED) is 0.0693. The molecule has 5 saturated carbocycles. The van der Waals surface area contributed by atoms with Crippen molar-refractivity contribution in [2.75, 3.05) is 26.2 Å². The van der Waals surface area contributed by atoms with Crippen LogP contribution in [0, 0.1) is 92.7 Å². The summed E-state index contributed by atoms with van der Waals surface area (Å²) in [6.45, 7) is 37.9. The van der Waals surface area contributed by atoms with Crippen molar-refractivity contribution in [3.8, 4) is 0 Å². The Bertz CT molecular complexity index is 1210. The summed E-state index contributed by atoms with van der Waals surface area (Å²) < 4.78 is 0. The van der Waals surface area contributed by atoms with Gasteiger partial charge in [0.2, 0.25) is 0 Å². The second-order valence-electron chi connectivity index (χ2n) is 28.3. The van der Waals surface area contributed by atoms with Crippen LogP contribution in [0.3, 0.4) is 0 Å². The number of hydroxylamine groups is 4. The number of aliphatic hydroxyl groups excluding tert-OH is 4. The summed E-state index contributed by atoms with van der Waals surface area (Å²) in [4.78, 5) is 28.1. The lowest BCUT2D eigenvalue weighted by molar-refractivity contribution is -0.182. The van der Waals surface area contributed by atoms with Crippen molar-refractivity contribution in [2.24, 2.45) is 92.7 Å². The maximum absolute atomic E-state index is 10.5. The van der Waals surface area contributed by atoms with E-state index in [4.69, 9.17) is 19.4 Å². The molecule has 12 nitrogen and oxygen atoms in total. The van der Waals surface area contributed by atoms with Gasteiger partial charge < -0.3 is 20.4 Å². The Morgan fingerprint density at radius 2 is 0.456 bits per heavy atom. The summed E-state index contributed by atoms with van der Waals surface area (Å²) in [6.07, 6.45) is 9.95. The first-order chi connectivity index (χ1) is 31.5. The molecule has 12 heteroatoms. The number of fused-ring (bicyclic) bond motifs is 8. The van der Waals surface area contributed by atoms with Gasteiger partial charge >= 0.3 is 0 Å². The normalized spacial score (nSPS) is 38.6. The van der Waals surface area contributed by atoms with Crippen LogP contribution in [0.15, 0.2) is 0 Å². The highest BCUT2D eigenvalue weighted by Crippen LogP contribution is 2.57. The molecule has 5 fully saturated rings. The van der Waals surface area contributed by atoms with E-state index in [0.717, 1.165) is 77.0 Å². The van der Waals surface area contributed by atoms with Gasteiger partial charge in [-0.3, -0.25) is 19.4 Å². The van der Waals surface area contributed by atoms with Crippen LogP contribution in [-0.4, -0.2) is 95.4 Å². The van der Waals surface area contributed by atoms with Gasteiger partial charge in [-0.15, -0.1) is 0 Å². The van der Waals surface area contributed by atoms with Crippen molar-refractivity contribution in [3.05, 3.63) is 0 Å². The molecule has 0 aliphatic heterocycles. The van der Waals surface area contributed by atoms with E-state index in [1.54, 1.807) is 0 Å². The van der Waals surface area contributed by atoms with Crippen LogP contribution < -0.4 is 21.9 Å². The fourth-order valence-corrected chi connectivity index (χ4v) is 14.0. The predicted octanol–water partition coefficient (Wildman–Crippen LogP) is 9.40. The Kier molecular flexibility index (Phi) is 21.2. The SMILES string of the molecule is CC(O)CNOC1C2CC3CC(C(C)(C)C)CC(CC4CC(C(C)(C)C)CC(CC5CC(C(C)(C)C)CC(CC1CC(C(C)(C)C)C2)C5ONCC(C)O)C4ONCC(C)O)C3ONCC(C)O. The average molecular weight is 966 g/mol. The molecule has 400 valence electrons. The van der Waals surface area contributed by atoms with Crippen molar-refractivity contribution in [1.82, 2.24) is 21.9 Å². The molecule has 0 saturated heterocycles. The van der Waals surface area contributed by atoms with Gasteiger partial charge in [-0.25, -0.2) is 0 Å². The lowest BCUT2D eigenvalue weighted by atomic mass is 9.55. The second-order valence-corrected chi connectivity index (χ2v) is 28.3. The maximum atomic E-state index is 10.5. The summed E-state index contributed by atoms with van der Waals surface area (Å²) in [5, 5.41) is 42.1. The van der Waals surface area contributed by atoms with Crippen LogP contribution in [0.2, 0.25) is 0 Å². The molecule has 0 heterocycles. The van der Waals surface area contributed by atoms with Crippen molar-refractivity contribution in [1.29, 1.82) is 0 Å². The van der Waals surface area contributed by atoms with Crippen molar-refractivity contribution in [2.45, 2.75) is 237 Å². The molecule has 12 atom stereocenters. The lowest BCUT2D eigenvalue weighted by Gasteiger charge is -2.54. The van der Waals surface area contributed by atoms with Gasteiger partial charge in [0, 0.05) is 26.2 Å². The van der Waals surface area contributed by atoms with E-state index in [0.29, 0.717) is 49.9 Å². The lowest BCUT2D eigenvalue weighted by Crippen LogP contribution is -2.53. The monoisotopic (exact) mass is 965 g/mol. The third kappa shape index (κ3) is 16.8. The molecular weight excluding hydrogens is 857 g/mol. The first-order valence-electron chi connectivity index (χ1n) is 27.8. The largest absolute Gasteiger partial charge is 0.392 e. The summed E-state index contributed by atoms with van der Waals surface area (Å²) in [5.41, 5.74) is 13.7. The molecule has 5 aliphatic carbocycles. The summed E-state index contributed by atoms with van der Waals surface area (Å²) >= 11 is 0. The summed E-state index contributed by atoms with van der Waals surface area (Å²) in [7, 11) is 0. The highest BCUT2D eigenvalue weighted by Gasteiger charge is 2.53. The van der Waals surface area contributed by atoms with Gasteiger partial charge in [-0.1, -0.05) is 83.1 Å². The first-order valence-corrected chi connectivity index (χ1v) is 27.8. The molecule has 0 aromatic rings. The number of nitrogens with one attached hydrogen (secondary N) is 4. The van der Waals surface area contributed by atoms with Crippen molar-refractivity contribution >= 4 is 0 Å². The van der Waals surface area contributed by atoms with Gasteiger partial charge in [-0.2, -0.15) is 21.9 Å². The number of hydrogen-bond donors (Lipinski definition) is 8. The molecule has 5 rings (SSSR count). The molecule has 0 aromatic carbocycles. The topological polar surface area (TPSA) is 166 Å². The van der Waals surface area contributed by atoms with E-state index in [9.17, 15) is 20.4 Å². The fourth-order valence-electron chi connectivity index (χ4n) is 14.0. The molecular formula is C56H108N4O8. The molecule has 8 bridgehead atoms. The van der Waals surface area contributed by atoms with E-state index < -0.39 is 24.4 Å². The smallest absolute Gasteiger partial charge is 0.0846 e. The van der Waals surface area contributed by atoms with Gasteiger partial charge in [0.1, 0.15) is 0 Å². The van der Waals surface area contributed by atoms with Gasteiger partial charge in [0.05, 0.1) is 48.8 Å². The van der Waals surface area contributed by atoms with Crippen LogP contribution in [-0.2, 0) is 19.4 Å². The molecule has 0 spiro atoms. The highest BCUT2D eigenvalue weighted by atomic mass is 16.7.